The van der Waals surface area contributed by atoms with Crippen molar-refractivity contribution < 1.29 is 14.0 Å². The molecule has 2 atom stereocenters. The molecule has 0 bridgehead atoms. The van der Waals surface area contributed by atoms with E-state index in [9.17, 15) is 14.4 Å². The molecule has 1 saturated heterocycles. The maximum atomic E-state index is 13.4. The number of amides is 2. The molecule has 1 aliphatic heterocycles. The molecule has 6 rings (SSSR count). The fraction of sp³-hybridized carbons (Fsp3) is 0.148. The first-order valence-corrected chi connectivity index (χ1v) is 11.7. The van der Waals surface area contributed by atoms with Gasteiger partial charge in [-0.15, -0.1) is 0 Å². The van der Waals surface area contributed by atoms with Gasteiger partial charge in [-0.2, -0.15) is 5.10 Å². The van der Waals surface area contributed by atoms with Crippen LogP contribution in [0.15, 0.2) is 94.7 Å². The zero-order chi connectivity index (χ0) is 25.5. The Balaban J connectivity index is 1.38. The van der Waals surface area contributed by atoms with Crippen molar-refractivity contribution in [2.24, 2.45) is 7.05 Å². The summed E-state index contributed by atoms with van der Waals surface area (Å²) in [5, 5.41) is 8.27. The molecule has 37 heavy (non-hydrogen) atoms. The van der Waals surface area contributed by atoms with Gasteiger partial charge in [0.05, 0.1) is 35.7 Å². The van der Waals surface area contributed by atoms with Crippen molar-refractivity contribution in [3.05, 3.63) is 107 Å². The van der Waals surface area contributed by atoms with Gasteiger partial charge in [-0.05, 0) is 29.8 Å². The number of aromatic nitrogens is 4. The second-order valence-corrected chi connectivity index (χ2v) is 8.88. The molecule has 0 spiro atoms. The van der Waals surface area contributed by atoms with Crippen LogP contribution in [0.2, 0.25) is 0 Å². The summed E-state index contributed by atoms with van der Waals surface area (Å²) in [6.45, 7) is 0. The third-order valence-corrected chi connectivity index (χ3v) is 6.55. The lowest BCUT2D eigenvalue weighted by Crippen LogP contribution is -2.40. The summed E-state index contributed by atoms with van der Waals surface area (Å²) < 4.78 is 8.38. The summed E-state index contributed by atoms with van der Waals surface area (Å²) in [5.74, 6) is -0.638. The molecular weight excluding hydrogens is 472 g/mol. The number of oxazole rings is 1. The largest absolute Gasteiger partial charge is 0.441 e. The highest BCUT2D eigenvalue weighted by Gasteiger charge is 2.42. The third-order valence-electron chi connectivity index (χ3n) is 6.55. The lowest BCUT2D eigenvalue weighted by atomic mass is 9.99. The predicted octanol–water partition coefficient (Wildman–Crippen LogP) is 2.99. The molecule has 0 saturated carbocycles. The molecule has 1 aliphatic rings. The van der Waals surface area contributed by atoms with E-state index in [4.69, 9.17) is 4.42 Å². The summed E-state index contributed by atoms with van der Waals surface area (Å²) in [6, 6.07) is 17.6. The van der Waals surface area contributed by atoms with Crippen molar-refractivity contribution in [1.82, 2.24) is 24.6 Å². The number of aryl methyl sites for hydroxylation is 1. The molecule has 1 fully saturated rings. The monoisotopic (exact) mass is 494 g/mol. The number of benzene rings is 2. The molecule has 2 amide bonds. The molecule has 184 valence electrons. The summed E-state index contributed by atoms with van der Waals surface area (Å²) in [6.07, 6.45) is 6.31. The van der Waals surface area contributed by atoms with Gasteiger partial charge in [0.1, 0.15) is 6.26 Å². The minimum atomic E-state index is -0.488. The van der Waals surface area contributed by atoms with Crippen LogP contribution in [0.5, 0.6) is 0 Å². The lowest BCUT2D eigenvalue weighted by Gasteiger charge is -2.29. The predicted molar refractivity (Wildman–Crippen MR) is 135 cm³/mol. The number of pyridine rings is 1. The van der Waals surface area contributed by atoms with E-state index in [0.29, 0.717) is 5.69 Å². The van der Waals surface area contributed by atoms with Gasteiger partial charge >= 0.3 is 5.91 Å². The van der Waals surface area contributed by atoms with Gasteiger partial charge in [-0.3, -0.25) is 14.4 Å². The molecule has 3 aromatic heterocycles. The minimum Gasteiger partial charge on any atom is -0.441 e. The van der Waals surface area contributed by atoms with E-state index in [1.54, 1.807) is 35.1 Å². The second kappa shape index (κ2) is 8.90. The highest BCUT2D eigenvalue weighted by Crippen LogP contribution is 2.38. The van der Waals surface area contributed by atoms with E-state index in [0.717, 1.165) is 22.2 Å². The van der Waals surface area contributed by atoms with Gasteiger partial charge in [-0.25, -0.2) is 9.67 Å². The van der Waals surface area contributed by atoms with Crippen LogP contribution in [0.25, 0.3) is 16.6 Å². The Hall–Kier alpha value is -4.99. The number of nitrogens with one attached hydrogen (secondary N) is 1. The average Bonchev–Trinajstić information content (AvgIpc) is 3.65. The third kappa shape index (κ3) is 3.98. The smallest absolute Gasteiger partial charge is 0.307 e. The number of carbonyl (C=O) groups is 2. The molecule has 10 heteroatoms. The molecule has 10 nitrogen and oxygen atoms in total. The van der Waals surface area contributed by atoms with E-state index in [1.807, 2.05) is 48.5 Å². The van der Waals surface area contributed by atoms with E-state index in [2.05, 4.69) is 15.4 Å². The van der Waals surface area contributed by atoms with Gasteiger partial charge in [0.2, 0.25) is 11.5 Å². The van der Waals surface area contributed by atoms with Gasteiger partial charge in [0.25, 0.3) is 5.89 Å². The van der Waals surface area contributed by atoms with E-state index in [-0.39, 0.29) is 23.8 Å². The van der Waals surface area contributed by atoms with Crippen LogP contribution < -0.4 is 15.8 Å². The standard InChI is InChI=1S/C27H22N6O4/c1-31-16-20(8-10-23(31)34)33-22-9-7-19(13-18(22)15-29-33)32-24(35)14-21(25(32)17-5-3-2-4-6-17)30-26(36)27-28-11-12-37-27/h2-13,15-16,21,25H,14H2,1H3,(H,30,36)/t21-,25+/m0/s1. The maximum Gasteiger partial charge on any atom is 0.307 e. The number of anilines is 1. The van der Waals surface area contributed by atoms with Crippen molar-refractivity contribution in [3.63, 3.8) is 0 Å². The highest BCUT2D eigenvalue weighted by molar-refractivity contribution is 6.00. The molecule has 0 aliphatic carbocycles. The first kappa shape index (κ1) is 22.5. The van der Waals surface area contributed by atoms with Gasteiger partial charge < -0.3 is 19.2 Å². The van der Waals surface area contributed by atoms with Crippen LogP contribution in [0, 0.1) is 0 Å². The molecular formula is C27H22N6O4. The van der Waals surface area contributed by atoms with Crippen molar-refractivity contribution in [2.75, 3.05) is 4.90 Å². The summed E-state index contributed by atoms with van der Waals surface area (Å²) in [5.41, 5.74) is 3.07. The van der Waals surface area contributed by atoms with Crippen LogP contribution in [0.1, 0.15) is 28.7 Å². The normalized spacial score (nSPS) is 17.4. The van der Waals surface area contributed by atoms with Crippen LogP contribution in [-0.2, 0) is 11.8 Å². The molecule has 4 heterocycles. The topological polar surface area (TPSA) is 115 Å². The maximum absolute atomic E-state index is 13.4. The Morgan fingerprint density at radius 3 is 2.62 bits per heavy atom. The van der Waals surface area contributed by atoms with Crippen LogP contribution >= 0.6 is 0 Å². The van der Waals surface area contributed by atoms with Crippen LogP contribution in [0.4, 0.5) is 5.69 Å². The molecule has 0 unspecified atom stereocenters. The lowest BCUT2D eigenvalue weighted by molar-refractivity contribution is -0.117. The zero-order valence-corrected chi connectivity index (χ0v) is 19.8. The quantitative estimate of drug-likeness (QED) is 0.402. The summed E-state index contributed by atoms with van der Waals surface area (Å²) in [7, 11) is 1.69. The number of nitrogens with zero attached hydrogens (tertiary/aromatic N) is 5. The molecule has 2 aromatic carbocycles. The Kier molecular flexibility index (Phi) is 5.41. The Labute approximate surface area is 210 Å². The van der Waals surface area contributed by atoms with Gasteiger partial charge in [0, 0.05) is 36.8 Å². The molecule has 0 radical (unpaired) electrons. The fourth-order valence-corrected chi connectivity index (χ4v) is 4.85. The number of hydrogen-bond donors (Lipinski definition) is 1. The van der Waals surface area contributed by atoms with Gasteiger partial charge in [0.15, 0.2) is 0 Å². The number of fused-ring (bicyclic) bond motifs is 1. The minimum absolute atomic E-state index is 0.0510. The number of hydrogen-bond acceptors (Lipinski definition) is 6. The van der Waals surface area contributed by atoms with Crippen molar-refractivity contribution >= 4 is 28.4 Å². The van der Waals surface area contributed by atoms with Crippen molar-refractivity contribution in [1.29, 1.82) is 0 Å². The first-order valence-electron chi connectivity index (χ1n) is 11.7. The Bertz CT molecular complexity index is 1670. The highest BCUT2D eigenvalue weighted by atomic mass is 16.3. The van der Waals surface area contributed by atoms with E-state index in [1.165, 1.54) is 23.1 Å². The van der Waals surface area contributed by atoms with Gasteiger partial charge in [-0.1, -0.05) is 30.3 Å². The summed E-state index contributed by atoms with van der Waals surface area (Å²) >= 11 is 0. The van der Waals surface area contributed by atoms with E-state index >= 15 is 0 Å². The van der Waals surface area contributed by atoms with Crippen LogP contribution in [-0.4, -0.2) is 37.2 Å². The first-order chi connectivity index (χ1) is 18.0. The Morgan fingerprint density at radius 1 is 1.05 bits per heavy atom. The molecule has 5 aromatic rings. The fourth-order valence-electron chi connectivity index (χ4n) is 4.85. The van der Waals surface area contributed by atoms with Crippen LogP contribution in [0.3, 0.4) is 0 Å². The van der Waals surface area contributed by atoms with Crippen molar-refractivity contribution in [2.45, 2.75) is 18.5 Å². The second-order valence-electron chi connectivity index (χ2n) is 8.88. The Morgan fingerprint density at radius 2 is 1.86 bits per heavy atom. The van der Waals surface area contributed by atoms with Crippen molar-refractivity contribution in [3.8, 4) is 5.69 Å². The van der Waals surface area contributed by atoms with E-state index < -0.39 is 18.0 Å². The zero-order valence-electron chi connectivity index (χ0n) is 19.8. The SMILES string of the molecule is Cn1cc(-n2ncc3cc(N4C(=O)C[C@H](NC(=O)c5ncco5)[C@H]4c4ccccc4)ccc32)ccc1=O. The number of carbonyl (C=O) groups excluding carboxylic acids is 2. The molecule has 1 N–H and O–H groups in total. The number of rotatable bonds is 5. The average molecular weight is 495 g/mol. The summed E-state index contributed by atoms with van der Waals surface area (Å²) in [4.78, 5) is 43.5.